The third-order valence-corrected chi connectivity index (χ3v) is 5.30. The van der Waals surface area contributed by atoms with Gasteiger partial charge in [0.25, 0.3) is 5.91 Å². The van der Waals surface area contributed by atoms with Gasteiger partial charge in [-0.05, 0) is 50.6 Å². The number of hydrazine groups is 1. The van der Waals surface area contributed by atoms with E-state index in [1.165, 1.54) is 11.3 Å². The lowest BCUT2D eigenvalue weighted by Crippen LogP contribution is -2.48. The van der Waals surface area contributed by atoms with Crippen LogP contribution in [0.15, 0.2) is 22.6 Å². The molecule has 0 aromatic carbocycles. The van der Waals surface area contributed by atoms with Crippen molar-refractivity contribution >= 4 is 29.1 Å². The summed E-state index contributed by atoms with van der Waals surface area (Å²) in [5, 5.41) is 11.1. The fraction of sp³-hybridized carbons (Fsp3) is 0.438. The Morgan fingerprint density at radius 2 is 1.70 bits per heavy atom. The number of nitrogens with one attached hydrogen (secondary N) is 2. The SMILES string of the molecule is CC1=C(C)C[C@@H](C(=O)NNC(=O)c2sccc2C)[C@@H](C(=O)O)C1. The van der Waals surface area contributed by atoms with Gasteiger partial charge in [0.1, 0.15) is 0 Å². The van der Waals surface area contributed by atoms with E-state index in [4.69, 9.17) is 0 Å². The minimum Gasteiger partial charge on any atom is -0.481 e. The molecule has 0 radical (unpaired) electrons. The summed E-state index contributed by atoms with van der Waals surface area (Å²) in [5.74, 6) is -3.29. The molecule has 2 amide bonds. The summed E-state index contributed by atoms with van der Waals surface area (Å²) in [5.41, 5.74) is 7.62. The van der Waals surface area contributed by atoms with Crippen molar-refractivity contribution in [3.63, 3.8) is 0 Å². The van der Waals surface area contributed by atoms with Gasteiger partial charge in [0.05, 0.1) is 16.7 Å². The van der Waals surface area contributed by atoms with Crippen LogP contribution in [0.2, 0.25) is 0 Å². The average Bonchev–Trinajstić information content (AvgIpc) is 2.92. The number of aliphatic carboxylic acids is 1. The van der Waals surface area contributed by atoms with Crippen LogP contribution in [0.3, 0.4) is 0 Å². The molecule has 23 heavy (non-hydrogen) atoms. The number of amides is 2. The molecule has 1 heterocycles. The van der Waals surface area contributed by atoms with Crippen molar-refractivity contribution in [1.29, 1.82) is 0 Å². The van der Waals surface area contributed by atoms with Gasteiger partial charge in [-0.15, -0.1) is 11.3 Å². The van der Waals surface area contributed by atoms with Gasteiger partial charge >= 0.3 is 5.97 Å². The van der Waals surface area contributed by atoms with Crippen molar-refractivity contribution in [3.05, 3.63) is 33.0 Å². The van der Waals surface area contributed by atoms with E-state index in [1.807, 2.05) is 26.8 Å². The van der Waals surface area contributed by atoms with Crippen LogP contribution < -0.4 is 10.9 Å². The van der Waals surface area contributed by atoms with Crippen LogP contribution in [-0.2, 0) is 9.59 Å². The fourth-order valence-corrected chi connectivity index (χ4v) is 3.52. The Kier molecular flexibility index (Phi) is 5.20. The number of rotatable bonds is 3. The van der Waals surface area contributed by atoms with Crippen LogP contribution in [0.5, 0.6) is 0 Å². The molecule has 0 fully saturated rings. The number of allylic oxidation sites excluding steroid dienone is 2. The Morgan fingerprint density at radius 1 is 1.09 bits per heavy atom. The van der Waals surface area contributed by atoms with Crippen LogP contribution in [-0.4, -0.2) is 22.9 Å². The van der Waals surface area contributed by atoms with Crippen molar-refractivity contribution in [2.45, 2.75) is 33.6 Å². The first kappa shape index (κ1) is 17.2. The Bertz CT molecular complexity index is 677. The molecule has 1 aromatic heterocycles. The molecule has 0 bridgehead atoms. The van der Waals surface area contributed by atoms with Gasteiger partial charge in [-0.3, -0.25) is 25.2 Å². The topological polar surface area (TPSA) is 95.5 Å². The Labute approximate surface area is 138 Å². The maximum absolute atomic E-state index is 12.3. The smallest absolute Gasteiger partial charge is 0.307 e. The summed E-state index contributed by atoms with van der Waals surface area (Å²) in [4.78, 5) is 36.2. The molecule has 1 aliphatic carbocycles. The van der Waals surface area contributed by atoms with Gasteiger partial charge in [0.15, 0.2) is 0 Å². The van der Waals surface area contributed by atoms with E-state index in [1.54, 1.807) is 5.38 Å². The van der Waals surface area contributed by atoms with Crippen LogP contribution in [0.25, 0.3) is 0 Å². The van der Waals surface area contributed by atoms with Crippen LogP contribution in [0, 0.1) is 18.8 Å². The number of carbonyl (C=O) groups excluding carboxylic acids is 2. The molecule has 0 unspecified atom stereocenters. The molecule has 0 aliphatic heterocycles. The largest absolute Gasteiger partial charge is 0.481 e. The van der Waals surface area contributed by atoms with Crippen LogP contribution >= 0.6 is 11.3 Å². The summed E-state index contributed by atoms with van der Waals surface area (Å²) in [7, 11) is 0. The number of carboxylic acid groups (broad SMARTS) is 1. The summed E-state index contributed by atoms with van der Waals surface area (Å²) in [6.07, 6.45) is 0.750. The molecule has 0 spiro atoms. The molecule has 2 rings (SSSR count). The molecule has 2 atom stereocenters. The van der Waals surface area contributed by atoms with E-state index >= 15 is 0 Å². The lowest BCUT2D eigenvalue weighted by atomic mass is 9.76. The second-order valence-corrected chi connectivity index (χ2v) is 6.81. The van der Waals surface area contributed by atoms with Gasteiger partial charge in [-0.1, -0.05) is 11.1 Å². The number of aryl methyl sites for hydroxylation is 1. The fourth-order valence-electron chi connectivity index (χ4n) is 2.70. The first-order chi connectivity index (χ1) is 10.8. The van der Waals surface area contributed by atoms with Gasteiger partial charge in [-0.25, -0.2) is 0 Å². The molecule has 1 aliphatic rings. The van der Waals surface area contributed by atoms with Gasteiger partial charge < -0.3 is 5.11 Å². The maximum atomic E-state index is 12.3. The highest BCUT2D eigenvalue weighted by atomic mass is 32.1. The van der Waals surface area contributed by atoms with E-state index < -0.39 is 29.6 Å². The Hall–Kier alpha value is -2.15. The lowest BCUT2D eigenvalue weighted by Gasteiger charge is -2.29. The van der Waals surface area contributed by atoms with E-state index in [0.717, 1.165) is 16.7 Å². The number of carboxylic acids is 1. The summed E-state index contributed by atoms with van der Waals surface area (Å²) in [6.45, 7) is 5.60. The third kappa shape index (κ3) is 3.79. The quantitative estimate of drug-likeness (QED) is 0.583. The number of hydrogen-bond donors (Lipinski definition) is 3. The minimum atomic E-state index is -0.988. The standard InChI is InChI=1S/C16H20N2O4S/c1-8-4-5-23-13(8)15(20)18-17-14(19)11-6-9(2)10(3)7-12(11)16(21)22/h4-5,11-12H,6-7H2,1-3H3,(H,17,19)(H,18,20)(H,21,22)/t11-,12+/m1/s1. The van der Waals surface area contributed by atoms with Crippen molar-refractivity contribution in [2.75, 3.05) is 0 Å². The predicted octanol–water partition coefficient (Wildman–Crippen LogP) is 2.26. The first-order valence-corrected chi connectivity index (χ1v) is 8.21. The summed E-state index contributed by atoms with van der Waals surface area (Å²) in [6, 6.07) is 1.82. The third-order valence-electron chi connectivity index (χ3n) is 4.29. The van der Waals surface area contributed by atoms with Crippen molar-refractivity contribution in [3.8, 4) is 0 Å². The van der Waals surface area contributed by atoms with Gasteiger partial charge in [0, 0.05) is 0 Å². The average molecular weight is 336 g/mol. The van der Waals surface area contributed by atoms with Crippen molar-refractivity contribution in [2.24, 2.45) is 11.8 Å². The monoisotopic (exact) mass is 336 g/mol. The molecule has 1 aromatic rings. The highest BCUT2D eigenvalue weighted by molar-refractivity contribution is 7.12. The molecular weight excluding hydrogens is 316 g/mol. The van der Waals surface area contributed by atoms with E-state index in [-0.39, 0.29) is 0 Å². The second-order valence-electron chi connectivity index (χ2n) is 5.90. The van der Waals surface area contributed by atoms with Gasteiger partial charge in [-0.2, -0.15) is 0 Å². The molecule has 124 valence electrons. The zero-order valence-electron chi connectivity index (χ0n) is 13.3. The van der Waals surface area contributed by atoms with E-state index in [9.17, 15) is 19.5 Å². The van der Waals surface area contributed by atoms with Crippen LogP contribution in [0.4, 0.5) is 0 Å². The molecule has 7 heteroatoms. The Balaban J connectivity index is 2.03. The molecular formula is C16H20N2O4S. The molecule has 6 nitrogen and oxygen atoms in total. The number of carbonyl (C=O) groups is 3. The van der Waals surface area contributed by atoms with E-state index in [2.05, 4.69) is 10.9 Å². The predicted molar refractivity (Wildman–Crippen MR) is 86.9 cm³/mol. The van der Waals surface area contributed by atoms with Crippen molar-refractivity contribution < 1.29 is 19.5 Å². The molecule has 3 N–H and O–H groups in total. The second kappa shape index (κ2) is 6.95. The summed E-state index contributed by atoms with van der Waals surface area (Å²) >= 11 is 1.29. The van der Waals surface area contributed by atoms with Gasteiger partial charge in [0.2, 0.25) is 5.91 Å². The highest BCUT2D eigenvalue weighted by Crippen LogP contribution is 2.34. The highest BCUT2D eigenvalue weighted by Gasteiger charge is 2.37. The maximum Gasteiger partial charge on any atom is 0.307 e. The Morgan fingerprint density at radius 3 is 2.22 bits per heavy atom. The normalized spacial score (nSPS) is 21.0. The number of thiophene rings is 1. The lowest BCUT2D eigenvalue weighted by molar-refractivity contribution is -0.147. The number of hydrogen-bond acceptors (Lipinski definition) is 4. The zero-order chi connectivity index (χ0) is 17.1. The zero-order valence-corrected chi connectivity index (χ0v) is 14.1. The minimum absolute atomic E-state index is 0.358. The molecule has 0 saturated heterocycles. The summed E-state index contributed by atoms with van der Waals surface area (Å²) < 4.78 is 0. The molecule has 0 saturated carbocycles. The van der Waals surface area contributed by atoms with E-state index in [0.29, 0.717) is 17.7 Å². The first-order valence-electron chi connectivity index (χ1n) is 7.33. The van der Waals surface area contributed by atoms with Crippen molar-refractivity contribution in [1.82, 2.24) is 10.9 Å². The van der Waals surface area contributed by atoms with Crippen LogP contribution in [0.1, 0.15) is 41.9 Å².